The Bertz CT molecular complexity index is 1720. The highest BCUT2D eigenvalue weighted by Gasteiger charge is 2.18. The number of hydrogen-bond acceptors (Lipinski definition) is 7. The molecule has 0 fully saturated rings. The largest absolute Gasteiger partial charge is 0.485 e. The third-order valence-corrected chi connectivity index (χ3v) is 6.46. The maximum absolute atomic E-state index is 15.2. The molecule has 0 aliphatic rings. The normalized spacial score (nSPS) is 11.7. The Morgan fingerprint density at radius 2 is 1.18 bits per heavy atom. The molecule has 0 atom stereocenters. The molecule has 0 saturated heterocycles. The van der Waals surface area contributed by atoms with Gasteiger partial charge in [-0.3, -0.25) is 0 Å². The molecule has 0 N–H and O–H groups in total. The number of hydrogen-bond donors (Lipinski definition) is 0. The molecule has 4 aromatic rings. The second-order valence-electron chi connectivity index (χ2n) is 8.85. The second kappa shape index (κ2) is 11.0. The van der Waals surface area contributed by atoms with Crippen LogP contribution in [0.4, 0.5) is 8.78 Å². The highest BCUT2D eigenvalue weighted by atomic mass is 32.2. The Hall–Kier alpha value is -3.96. The molecule has 204 valence electrons. The molecule has 0 aliphatic heterocycles. The van der Waals surface area contributed by atoms with Gasteiger partial charge in [-0.1, -0.05) is 48.0 Å². The van der Waals surface area contributed by atoms with Gasteiger partial charge in [0.25, 0.3) is 0 Å². The molecule has 0 aliphatic carbocycles. The topological polar surface area (TPSA) is 96.0 Å². The van der Waals surface area contributed by atoms with Crippen molar-refractivity contribution in [1.29, 1.82) is 0 Å². The number of rotatable bonds is 9. The first-order valence-corrected chi connectivity index (χ1v) is 15.1. The lowest BCUT2D eigenvalue weighted by Gasteiger charge is -2.14. The summed E-state index contributed by atoms with van der Waals surface area (Å²) in [7, 11) is -7.69. The van der Waals surface area contributed by atoms with Crippen molar-refractivity contribution in [3.05, 3.63) is 102 Å². The standard InChI is InChI=1S/C28H24F2O7S2/c1-18-4-6-19(7-5-18)17-35-27-13-10-21(14-28(27)37-39(3,33)34)24-16-25(29)23(15-26(24)30)20-8-11-22(12-9-20)36-38(2,31)32/h4-16H,17H2,1-3H3. The summed E-state index contributed by atoms with van der Waals surface area (Å²) in [6.07, 6.45) is 1.76. The summed E-state index contributed by atoms with van der Waals surface area (Å²) in [5.74, 6) is -1.57. The Kier molecular flexibility index (Phi) is 7.94. The van der Waals surface area contributed by atoms with Crippen LogP contribution in [0.1, 0.15) is 11.1 Å². The summed E-state index contributed by atoms with van der Waals surface area (Å²) in [5, 5.41) is 0. The van der Waals surface area contributed by atoms with Gasteiger partial charge in [-0.25, -0.2) is 8.78 Å². The zero-order valence-corrected chi connectivity index (χ0v) is 22.8. The minimum atomic E-state index is -3.96. The molecular formula is C28H24F2O7S2. The van der Waals surface area contributed by atoms with Crippen molar-refractivity contribution in [2.75, 3.05) is 12.5 Å². The van der Waals surface area contributed by atoms with Crippen LogP contribution in [-0.4, -0.2) is 29.3 Å². The van der Waals surface area contributed by atoms with E-state index in [-0.39, 0.29) is 40.5 Å². The van der Waals surface area contributed by atoms with Gasteiger partial charge in [0.05, 0.1) is 12.5 Å². The third kappa shape index (κ3) is 7.55. The highest BCUT2D eigenvalue weighted by Crippen LogP contribution is 2.37. The third-order valence-electron chi connectivity index (χ3n) is 5.48. The Balaban J connectivity index is 1.65. The van der Waals surface area contributed by atoms with Crippen molar-refractivity contribution in [3.63, 3.8) is 0 Å². The summed E-state index contributed by atoms with van der Waals surface area (Å²) in [6, 6.07) is 19.1. The van der Waals surface area contributed by atoms with E-state index in [0.29, 0.717) is 5.56 Å². The van der Waals surface area contributed by atoms with E-state index < -0.39 is 31.9 Å². The van der Waals surface area contributed by atoms with Crippen molar-refractivity contribution in [2.24, 2.45) is 0 Å². The van der Waals surface area contributed by atoms with Crippen molar-refractivity contribution in [3.8, 4) is 39.5 Å². The summed E-state index contributed by atoms with van der Waals surface area (Å²) >= 11 is 0. The number of benzene rings is 4. The minimum absolute atomic E-state index is 0.0295. The van der Waals surface area contributed by atoms with E-state index in [1.807, 2.05) is 31.2 Å². The molecule has 0 amide bonds. The summed E-state index contributed by atoms with van der Waals surface area (Å²) in [4.78, 5) is 0. The summed E-state index contributed by atoms with van der Waals surface area (Å²) in [6.45, 7) is 2.08. The van der Waals surface area contributed by atoms with E-state index in [9.17, 15) is 16.8 Å². The van der Waals surface area contributed by atoms with Crippen molar-refractivity contribution >= 4 is 20.2 Å². The van der Waals surface area contributed by atoms with Gasteiger partial charge in [-0.2, -0.15) is 16.8 Å². The van der Waals surface area contributed by atoms with Crippen molar-refractivity contribution in [2.45, 2.75) is 13.5 Å². The molecule has 4 rings (SSSR count). The van der Waals surface area contributed by atoms with Crippen LogP contribution in [0.25, 0.3) is 22.3 Å². The van der Waals surface area contributed by atoms with Gasteiger partial charge in [0.15, 0.2) is 11.5 Å². The molecule has 39 heavy (non-hydrogen) atoms. The quantitative estimate of drug-likeness (QED) is 0.231. The van der Waals surface area contributed by atoms with E-state index in [2.05, 4.69) is 0 Å². The Morgan fingerprint density at radius 3 is 1.74 bits per heavy atom. The fraction of sp³-hybridized carbons (Fsp3) is 0.143. The van der Waals surface area contributed by atoms with Crippen LogP contribution in [0.15, 0.2) is 78.9 Å². The molecule has 7 nitrogen and oxygen atoms in total. The lowest BCUT2D eigenvalue weighted by atomic mass is 9.98. The molecule has 0 unspecified atom stereocenters. The average Bonchev–Trinajstić information content (AvgIpc) is 2.84. The maximum Gasteiger partial charge on any atom is 0.306 e. The predicted octanol–water partition coefficient (Wildman–Crippen LogP) is 5.86. The Morgan fingerprint density at radius 1 is 0.641 bits per heavy atom. The SMILES string of the molecule is Cc1ccc(COc2ccc(-c3cc(F)c(-c4ccc(OS(C)(=O)=O)cc4)cc3F)cc2OS(C)(=O)=O)cc1. The van der Waals surface area contributed by atoms with Crippen LogP contribution >= 0.6 is 0 Å². The fourth-order valence-electron chi connectivity index (χ4n) is 3.72. The molecule has 0 heterocycles. The first kappa shape index (κ1) is 28.1. The van der Waals surface area contributed by atoms with Crippen LogP contribution < -0.4 is 13.1 Å². The van der Waals surface area contributed by atoms with Gasteiger partial charge in [0.2, 0.25) is 0 Å². The lowest BCUT2D eigenvalue weighted by molar-refractivity contribution is 0.296. The number of ether oxygens (including phenoxy) is 1. The van der Waals surface area contributed by atoms with Crippen molar-refractivity contribution < 1.29 is 38.7 Å². The van der Waals surface area contributed by atoms with Gasteiger partial charge in [0.1, 0.15) is 24.0 Å². The Labute approximate surface area is 225 Å². The maximum atomic E-state index is 15.2. The molecule has 0 radical (unpaired) electrons. The summed E-state index contributed by atoms with van der Waals surface area (Å²) in [5.41, 5.74) is 2.18. The first-order valence-electron chi connectivity index (χ1n) is 11.5. The van der Waals surface area contributed by atoms with Crippen LogP contribution in [0, 0.1) is 18.6 Å². The average molecular weight is 575 g/mol. The lowest BCUT2D eigenvalue weighted by Crippen LogP contribution is -2.08. The van der Waals surface area contributed by atoms with Gasteiger partial charge >= 0.3 is 20.2 Å². The van der Waals surface area contributed by atoms with Crippen LogP contribution in [0.3, 0.4) is 0 Å². The first-order chi connectivity index (χ1) is 18.3. The molecule has 0 bridgehead atoms. The monoisotopic (exact) mass is 574 g/mol. The zero-order valence-electron chi connectivity index (χ0n) is 21.1. The van der Waals surface area contributed by atoms with Gasteiger partial charge in [-0.15, -0.1) is 0 Å². The molecular weight excluding hydrogens is 550 g/mol. The zero-order chi connectivity index (χ0) is 28.4. The van der Waals surface area contributed by atoms with Crippen molar-refractivity contribution in [1.82, 2.24) is 0 Å². The van der Waals surface area contributed by atoms with E-state index in [4.69, 9.17) is 13.1 Å². The molecule has 4 aromatic carbocycles. The van der Waals surface area contributed by atoms with Gasteiger partial charge < -0.3 is 13.1 Å². The van der Waals surface area contributed by atoms with E-state index >= 15 is 8.78 Å². The van der Waals surface area contributed by atoms with Gasteiger partial charge in [0, 0.05) is 11.1 Å². The molecule has 0 saturated carbocycles. The summed E-state index contributed by atoms with van der Waals surface area (Å²) < 4.78 is 92.3. The van der Waals surface area contributed by atoms with E-state index in [1.54, 1.807) is 0 Å². The predicted molar refractivity (Wildman–Crippen MR) is 144 cm³/mol. The second-order valence-corrected chi connectivity index (χ2v) is 12.0. The van der Waals surface area contributed by atoms with Crippen LogP contribution in [0.5, 0.6) is 17.2 Å². The van der Waals surface area contributed by atoms with Crippen LogP contribution in [0.2, 0.25) is 0 Å². The highest BCUT2D eigenvalue weighted by molar-refractivity contribution is 7.86. The van der Waals surface area contributed by atoms with Gasteiger partial charge in [-0.05, 0) is 60.0 Å². The van der Waals surface area contributed by atoms with Crippen LogP contribution in [-0.2, 0) is 26.8 Å². The molecule has 0 aromatic heterocycles. The van der Waals surface area contributed by atoms with E-state index in [0.717, 1.165) is 35.8 Å². The molecule has 11 heteroatoms. The fourth-order valence-corrected chi connectivity index (χ4v) is 4.64. The smallest absolute Gasteiger partial charge is 0.306 e. The van der Waals surface area contributed by atoms with E-state index in [1.165, 1.54) is 42.5 Å². The number of halogens is 2. The minimum Gasteiger partial charge on any atom is -0.485 e. The number of aryl methyl sites for hydroxylation is 1. The molecule has 0 spiro atoms.